The lowest BCUT2D eigenvalue weighted by molar-refractivity contribution is -0.151. The van der Waals surface area contributed by atoms with Gasteiger partial charge in [0, 0.05) is 5.41 Å². The fraction of sp³-hybridized carbons (Fsp3) is 0.733. The molecule has 0 saturated heterocycles. The molecule has 19 heavy (non-hydrogen) atoms. The van der Waals surface area contributed by atoms with E-state index >= 15 is 0 Å². The highest BCUT2D eigenvalue weighted by atomic mass is 16.2. The molecule has 0 amide bonds. The van der Waals surface area contributed by atoms with E-state index in [1.54, 1.807) is 13.8 Å². The molecule has 4 heteroatoms. The third-order valence-electron chi connectivity index (χ3n) is 3.46. The Morgan fingerprint density at radius 2 is 1.47 bits per heavy atom. The van der Waals surface area contributed by atoms with E-state index in [0.717, 1.165) is 6.42 Å². The van der Waals surface area contributed by atoms with E-state index in [1.807, 2.05) is 13.8 Å². The van der Waals surface area contributed by atoms with Crippen molar-refractivity contribution < 1.29 is 19.2 Å². The fourth-order valence-electron chi connectivity index (χ4n) is 1.61. The highest BCUT2D eigenvalue weighted by molar-refractivity contribution is 6.49. The summed E-state index contributed by atoms with van der Waals surface area (Å²) in [6.45, 7) is 10.1. The molecule has 0 aromatic heterocycles. The van der Waals surface area contributed by atoms with Crippen molar-refractivity contribution in [2.45, 2.75) is 54.4 Å². The van der Waals surface area contributed by atoms with E-state index < -0.39 is 28.2 Å². The SMILES string of the molecule is CC(C)CCC(C)(C)C(=O)C(=O)C(C)(C)C(=O)C=O. The van der Waals surface area contributed by atoms with Crippen molar-refractivity contribution in [3.63, 3.8) is 0 Å². The fourth-order valence-corrected chi connectivity index (χ4v) is 1.61. The average molecular weight is 268 g/mol. The van der Waals surface area contributed by atoms with Crippen molar-refractivity contribution in [2.75, 3.05) is 0 Å². The summed E-state index contributed by atoms with van der Waals surface area (Å²) in [7, 11) is 0. The third-order valence-corrected chi connectivity index (χ3v) is 3.46. The minimum Gasteiger partial charge on any atom is -0.295 e. The topological polar surface area (TPSA) is 68.3 Å². The molecule has 4 nitrogen and oxygen atoms in total. The Kier molecular flexibility index (Phi) is 5.79. The Morgan fingerprint density at radius 1 is 1.00 bits per heavy atom. The monoisotopic (exact) mass is 268 g/mol. The van der Waals surface area contributed by atoms with Crippen LogP contribution in [-0.2, 0) is 19.2 Å². The molecule has 0 spiro atoms. The first-order chi connectivity index (χ1) is 8.46. The zero-order valence-electron chi connectivity index (χ0n) is 12.7. The number of hydrogen-bond acceptors (Lipinski definition) is 4. The molecule has 0 aliphatic rings. The third kappa shape index (κ3) is 4.37. The number of hydrogen-bond donors (Lipinski definition) is 0. The van der Waals surface area contributed by atoms with Crippen molar-refractivity contribution in [2.24, 2.45) is 16.7 Å². The van der Waals surface area contributed by atoms with Gasteiger partial charge in [-0.05, 0) is 26.2 Å². The number of Topliss-reactive ketones (excluding diaryl/α,β-unsaturated/α-hetero) is 3. The lowest BCUT2D eigenvalue weighted by atomic mass is 9.72. The Morgan fingerprint density at radius 3 is 1.84 bits per heavy atom. The van der Waals surface area contributed by atoms with Gasteiger partial charge in [-0.3, -0.25) is 19.2 Å². The van der Waals surface area contributed by atoms with Gasteiger partial charge in [-0.1, -0.05) is 34.1 Å². The highest BCUT2D eigenvalue weighted by Gasteiger charge is 2.44. The first kappa shape index (κ1) is 17.7. The molecule has 0 aromatic carbocycles. The molecule has 0 saturated carbocycles. The highest BCUT2D eigenvalue weighted by Crippen LogP contribution is 2.30. The van der Waals surface area contributed by atoms with Crippen LogP contribution in [0.15, 0.2) is 0 Å². The van der Waals surface area contributed by atoms with Gasteiger partial charge in [0.05, 0.1) is 5.41 Å². The molecule has 0 heterocycles. The standard InChI is InChI=1S/C15H24O4/c1-10(2)7-8-14(3,4)12(18)13(19)15(5,6)11(17)9-16/h9-10H,7-8H2,1-6H3. The van der Waals surface area contributed by atoms with Gasteiger partial charge in [0.15, 0.2) is 6.29 Å². The van der Waals surface area contributed by atoms with E-state index in [1.165, 1.54) is 13.8 Å². The molecule has 0 aliphatic heterocycles. The van der Waals surface area contributed by atoms with Gasteiger partial charge in [-0.15, -0.1) is 0 Å². The Hall–Kier alpha value is -1.32. The molecule has 0 fully saturated rings. The maximum atomic E-state index is 12.2. The summed E-state index contributed by atoms with van der Waals surface area (Å²) in [5.74, 6) is -1.77. The van der Waals surface area contributed by atoms with E-state index in [9.17, 15) is 19.2 Å². The van der Waals surface area contributed by atoms with Crippen LogP contribution in [0.5, 0.6) is 0 Å². The Labute approximate surface area is 114 Å². The van der Waals surface area contributed by atoms with Crippen LogP contribution in [0.2, 0.25) is 0 Å². The zero-order chi connectivity index (χ0) is 15.4. The second-order valence-electron chi connectivity index (χ2n) is 6.58. The minimum atomic E-state index is -1.56. The molecule has 0 radical (unpaired) electrons. The first-order valence-corrected chi connectivity index (χ1v) is 6.55. The molecule has 0 atom stereocenters. The van der Waals surface area contributed by atoms with Gasteiger partial charge in [0.2, 0.25) is 17.3 Å². The van der Waals surface area contributed by atoms with Crippen LogP contribution in [0.4, 0.5) is 0 Å². The van der Waals surface area contributed by atoms with Crippen molar-refractivity contribution in [3.05, 3.63) is 0 Å². The number of carbonyl (C=O) groups is 4. The quantitative estimate of drug-likeness (QED) is 0.385. The van der Waals surface area contributed by atoms with E-state index in [-0.39, 0.29) is 6.29 Å². The summed E-state index contributed by atoms with van der Waals surface area (Å²) < 4.78 is 0. The van der Waals surface area contributed by atoms with Crippen LogP contribution in [0.1, 0.15) is 54.4 Å². The summed E-state index contributed by atoms with van der Waals surface area (Å²) in [5.41, 5.74) is -2.37. The molecule has 0 unspecified atom stereocenters. The van der Waals surface area contributed by atoms with E-state index in [4.69, 9.17) is 0 Å². The van der Waals surface area contributed by atoms with Gasteiger partial charge in [-0.2, -0.15) is 0 Å². The van der Waals surface area contributed by atoms with Crippen molar-refractivity contribution >= 4 is 23.6 Å². The molecular formula is C15H24O4. The lowest BCUT2D eigenvalue weighted by Gasteiger charge is -2.27. The summed E-state index contributed by atoms with van der Waals surface area (Å²) in [5, 5.41) is 0. The van der Waals surface area contributed by atoms with Crippen LogP contribution in [-0.4, -0.2) is 23.6 Å². The Bertz CT molecular complexity index is 389. The molecule has 0 N–H and O–H groups in total. The van der Waals surface area contributed by atoms with Crippen molar-refractivity contribution in [3.8, 4) is 0 Å². The van der Waals surface area contributed by atoms with Crippen LogP contribution in [0, 0.1) is 16.7 Å². The van der Waals surface area contributed by atoms with Gasteiger partial charge in [0.1, 0.15) is 0 Å². The summed E-state index contributed by atoms with van der Waals surface area (Å²) in [6, 6.07) is 0. The summed E-state index contributed by atoms with van der Waals surface area (Å²) in [4.78, 5) is 46.3. The number of rotatable bonds is 8. The first-order valence-electron chi connectivity index (χ1n) is 6.55. The number of ketones is 3. The molecular weight excluding hydrogens is 244 g/mol. The van der Waals surface area contributed by atoms with Gasteiger partial charge in [-0.25, -0.2) is 0 Å². The van der Waals surface area contributed by atoms with Crippen LogP contribution in [0.25, 0.3) is 0 Å². The van der Waals surface area contributed by atoms with Crippen molar-refractivity contribution in [1.29, 1.82) is 0 Å². The van der Waals surface area contributed by atoms with Gasteiger partial charge in [0.25, 0.3) is 0 Å². The smallest absolute Gasteiger partial charge is 0.212 e. The maximum Gasteiger partial charge on any atom is 0.212 e. The molecule has 0 bridgehead atoms. The summed E-state index contributed by atoms with van der Waals surface area (Å²) in [6.07, 6.45) is 1.51. The van der Waals surface area contributed by atoms with Crippen LogP contribution >= 0.6 is 0 Å². The predicted molar refractivity (Wildman–Crippen MR) is 72.7 cm³/mol. The molecule has 108 valence electrons. The molecule has 0 aromatic rings. The predicted octanol–water partition coefficient (Wildman–Crippen LogP) is 2.38. The van der Waals surface area contributed by atoms with E-state index in [0.29, 0.717) is 12.3 Å². The normalized spacial score (nSPS) is 12.4. The van der Waals surface area contributed by atoms with Crippen molar-refractivity contribution in [1.82, 2.24) is 0 Å². The summed E-state index contributed by atoms with van der Waals surface area (Å²) >= 11 is 0. The second-order valence-corrected chi connectivity index (χ2v) is 6.58. The second kappa shape index (κ2) is 6.22. The number of aldehydes is 1. The van der Waals surface area contributed by atoms with Crippen LogP contribution in [0.3, 0.4) is 0 Å². The molecule has 0 rings (SSSR count). The largest absolute Gasteiger partial charge is 0.295 e. The maximum absolute atomic E-state index is 12.2. The minimum absolute atomic E-state index is 0.103. The average Bonchev–Trinajstić information content (AvgIpc) is 2.33. The van der Waals surface area contributed by atoms with E-state index in [2.05, 4.69) is 0 Å². The lowest BCUT2D eigenvalue weighted by Crippen LogP contribution is -2.44. The molecule has 0 aliphatic carbocycles. The van der Waals surface area contributed by atoms with Crippen LogP contribution < -0.4 is 0 Å². The van der Waals surface area contributed by atoms with Gasteiger partial charge < -0.3 is 0 Å². The Balaban J connectivity index is 5.05. The number of carbonyl (C=O) groups excluding carboxylic acids is 4. The van der Waals surface area contributed by atoms with Gasteiger partial charge >= 0.3 is 0 Å². The zero-order valence-corrected chi connectivity index (χ0v) is 12.7.